The molecule has 0 N–H and O–H groups in total. The quantitative estimate of drug-likeness (QED) is 0.688. The molecular formula is C22H31NO4. The molecule has 0 aliphatic carbocycles. The molecule has 0 saturated carbocycles. The van der Waals surface area contributed by atoms with Crippen LogP contribution in [0.3, 0.4) is 0 Å². The number of nitrogens with zero attached hydrogens (tertiary/aromatic N) is 1. The zero-order chi connectivity index (χ0) is 19.1. The van der Waals surface area contributed by atoms with Gasteiger partial charge in [-0.25, -0.2) is 0 Å². The predicted octanol–water partition coefficient (Wildman–Crippen LogP) is 3.36. The Balaban J connectivity index is 1.58. The highest BCUT2D eigenvalue weighted by molar-refractivity contribution is 5.82. The summed E-state index contributed by atoms with van der Waals surface area (Å²) >= 11 is 0. The van der Waals surface area contributed by atoms with E-state index in [-0.39, 0.29) is 18.0 Å². The first-order chi connectivity index (χ1) is 13.1. The number of hydrogen-bond acceptors (Lipinski definition) is 4. The van der Waals surface area contributed by atoms with E-state index in [4.69, 9.17) is 9.47 Å². The fourth-order valence-corrected chi connectivity index (χ4v) is 4.25. The largest absolute Gasteiger partial charge is 0.466 e. The van der Waals surface area contributed by atoms with E-state index in [1.54, 1.807) is 0 Å². The highest BCUT2D eigenvalue weighted by Gasteiger charge is 2.44. The minimum Gasteiger partial charge on any atom is -0.466 e. The Morgan fingerprint density at radius 3 is 2.59 bits per heavy atom. The number of carbonyl (C=O) groups is 2. The van der Waals surface area contributed by atoms with Crippen molar-refractivity contribution in [1.82, 2.24) is 4.90 Å². The molecule has 2 saturated heterocycles. The molecular weight excluding hydrogens is 342 g/mol. The Kier molecular flexibility index (Phi) is 6.89. The second-order valence-corrected chi connectivity index (χ2v) is 7.67. The molecule has 27 heavy (non-hydrogen) atoms. The lowest BCUT2D eigenvalue weighted by Crippen LogP contribution is -2.49. The maximum absolute atomic E-state index is 12.7. The van der Waals surface area contributed by atoms with Gasteiger partial charge in [-0.05, 0) is 57.4 Å². The maximum Gasteiger partial charge on any atom is 0.312 e. The van der Waals surface area contributed by atoms with Crippen LogP contribution >= 0.6 is 0 Å². The molecule has 0 unspecified atom stereocenters. The van der Waals surface area contributed by atoms with Gasteiger partial charge < -0.3 is 14.4 Å². The number of esters is 1. The molecule has 1 aromatic rings. The van der Waals surface area contributed by atoms with Gasteiger partial charge in [-0.15, -0.1) is 0 Å². The summed E-state index contributed by atoms with van der Waals surface area (Å²) in [6.07, 6.45) is 5.56. The van der Waals surface area contributed by atoms with Gasteiger partial charge in [-0.1, -0.05) is 30.3 Å². The summed E-state index contributed by atoms with van der Waals surface area (Å²) in [6.45, 7) is 4.16. The van der Waals surface area contributed by atoms with Gasteiger partial charge in [0.05, 0.1) is 12.0 Å². The third-order valence-electron chi connectivity index (χ3n) is 5.91. The van der Waals surface area contributed by atoms with E-state index >= 15 is 0 Å². The Labute approximate surface area is 162 Å². The smallest absolute Gasteiger partial charge is 0.312 e. The van der Waals surface area contributed by atoms with Crippen LogP contribution in [0.15, 0.2) is 30.3 Å². The standard InChI is InChI=1S/C22H31NO4/c1-2-26-21(25)22(12-6-10-18-8-4-3-5-9-18)13-15-23(16-14-22)20(24)19-11-7-17-27-19/h3-5,8-9,19H,2,6-7,10-17H2,1H3/t19-/m0/s1. The van der Waals surface area contributed by atoms with Gasteiger partial charge >= 0.3 is 5.97 Å². The second kappa shape index (κ2) is 9.36. The fourth-order valence-electron chi connectivity index (χ4n) is 4.25. The van der Waals surface area contributed by atoms with Crippen molar-refractivity contribution in [2.24, 2.45) is 5.41 Å². The van der Waals surface area contributed by atoms with Crippen molar-refractivity contribution < 1.29 is 19.1 Å². The predicted molar refractivity (Wildman–Crippen MR) is 103 cm³/mol. The third-order valence-corrected chi connectivity index (χ3v) is 5.91. The van der Waals surface area contributed by atoms with E-state index < -0.39 is 5.41 Å². The van der Waals surface area contributed by atoms with Gasteiger partial charge in [-0.2, -0.15) is 0 Å². The summed E-state index contributed by atoms with van der Waals surface area (Å²) in [7, 11) is 0. The van der Waals surface area contributed by atoms with E-state index in [0.717, 1.165) is 32.1 Å². The molecule has 1 amide bonds. The molecule has 2 aliphatic rings. The van der Waals surface area contributed by atoms with Crippen LogP contribution in [0.25, 0.3) is 0 Å². The van der Waals surface area contributed by atoms with Crippen molar-refractivity contribution in [1.29, 1.82) is 0 Å². The maximum atomic E-state index is 12.7. The summed E-state index contributed by atoms with van der Waals surface area (Å²) in [5.74, 6) is -0.00322. The van der Waals surface area contributed by atoms with Crippen LogP contribution in [0.2, 0.25) is 0 Å². The zero-order valence-corrected chi connectivity index (χ0v) is 16.3. The average molecular weight is 373 g/mol. The van der Waals surface area contributed by atoms with Crippen molar-refractivity contribution in [3.05, 3.63) is 35.9 Å². The van der Waals surface area contributed by atoms with E-state index in [1.165, 1.54) is 5.56 Å². The van der Waals surface area contributed by atoms with Crippen molar-refractivity contribution >= 4 is 11.9 Å². The van der Waals surface area contributed by atoms with Gasteiger partial charge in [0.1, 0.15) is 6.10 Å². The van der Waals surface area contributed by atoms with Crippen LogP contribution in [0, 0.1) is 5.41 Å². The highest BCUT2D eigenvalue weighted by Crippen LogP contribution is 2.38. The minimum atomic E-state index is -0.460. The van der Waals surface area contributed by atoms with Crippen LogP contribution in [0.1, 0.15) is 51.0 Å². The average Bonchev–Trinajstić information content (AvgIpc) is 3.24. The molecule has 0 bridgehead atoms. The van der Waals surface area contributed by atoms with Crippen molar-refractivity contribution in [2.45, 2.75) is 58.0 Å². The van der Waals surface area contributed by atoms with E-state index in [1.807, 2.05) is 30.0 Å². The number of carbonyl (C=O) groups excluding carboxylic acids is 2. The molecule has 2 fully saturated rings. The van der Waals surface area contributed by atoms with E-state index in [2.05, 4.69) is 12.1 Å². The first-order valence-electron chi connectivity index (χ1n) is 10.3. The minimum absolute atomic E-state index is 0.0919. The van der Waals surface area contributed by atoms with Gasteiger partial charge in [0, 0.05) is 19.7 Å². The van der Waals surface area contributed by atoms with E-state index in [9.17, 15) is 9.59 Å². The topological polar surface area (TPSA) is 55.8 Å². The van der Waals surface area contributed by atoms with Crippen LogP contribution in [-0.2, 0) is 25.5 Å². The summed E-state index contributed by atoms with van der Waals surface area (Å²) < 4.78 is 11.0. The summed E-state index contributed by atoms with van der Waals surface area (Å²) in [5, 5.41) is 0. The van der Waals surface area contributed by atoms with Crippen LogP contribution in [0.4, 0.5) is 0 Å². The second-order valence-electron chi connectivity index (χ2n) is 7.67. The molecule has 3 rings (SSSR count). The molecule has 0 radical (unpaired) electrons. The molecule has 148 valence electrons. The number of amides is 1. The number of ether oxygens (including phenoxy) is 2. The Morgan fingerprint density at radius 1 is 1.22 bits per heavy atom. The first-order valence-corrected chi connectivity index (χ1v) is 10.3. The Morgan fingerprint density at radius 2 is 1.96 bits per heavy atom. The number of likely N-dealkylation sites (tertiary alicyclic amines) is 1. The number of piperidine rings is 1. The van der Waals surface area contributed by atoms with Crippen molar-refractivity contribution in [2.75, 3.05) is 26.3 Å². The molecule has 0 aromatic heterocycles. The molecule has 2 aliphatic heterocycles. The van der Waals surface area contributed by atoms with Crippen molar-refractivity contribution in [3.63, 3.8) is 0 Å². The summed E-state index contributed by atoms with van der Waals surface area (Å²) in [6, 6.07) is 10.4. The molecule has 5 nitrogen and oxygen atoms in total. The first kappa shape index (κ1) is 19.9. The molecule has 1 atom stereocenters. The fraction of sp³-hybridized carbons (Fsp3) is 0.636. The van der Waals surface area contributed by atoms with Crippen LogP contribution < -0.4 is 0 Å². The van der Waals surface area contributed by atoms with Gasteiger partial charge in [0.15, 0.2) is 0 Å². The molecule has 5 heteroatoms. The number of rotatable bonds is 7. The van der Waals surface area contributed by atoms with Gasteiger partial charge in [0.25, 0.3) is 5.91 Å². The normalized spacial score (nSPS) is 21.8. The zero-order valence-electron chi connectivity index (χ0n) is 16.3. The van der Waals surface area contributed by atoms with Crippen molar-refractivity contribution in [3.8, 4) is 0 Å². The SMILES string of the molecule is CCOC(=O)C1(CCCc2ccccc2)CCN(C(=O)[C@@H]2CCCO2)CC1. The van der Waals surface area contributed by atoms with E-state index in [0.29, 0.717) is 39.1 Å². The Bertz CT molecular complexity index is 616. The molecule has 2 heterocycles. The summed E-state index contributed by atoms with van der Waals surface area (Å²) in [5.41, 5.74) is 0.834. The summed E-state index contributed by atoms with van der Waals surface area (Å²) in [4.78, 5) is 27.2. The monoisotopic (exact) mass is 373 g/mol. The third kappa shape index (κ3) is 4.89. The van der Waals surface area contributed by atoms with Crippen LogP contribution in [0.5, 0.6) is 0 Å². The Hall–Kier alpha value is -1.88. The lowest BCUT2D eigenvalue weighted by atomic mass is 9.74. The van der Waals surface area contributed by atoms with Gasteiger partial charge in [0.2, 0.25) is 0 Å². The number of benzene rings is 1. The lowest BCUT2D eigenvalue weighted by molar-refractivity contribution is -0.162. The highest BCUT2D eigenvalue weighted by atomic mass is 16.5. The van der Waals surface area contributed by atoms with Gasteiger partial charge in [-0.3, -0.25) is 9.59 Å². The number of hydrogen-bond donors (Lipinski definition) is 0. The molecule has 0 spiro atoms. The number of aryl methyl sites for hydroxylation is 1. The molecule has 1 aromatic carbocycles. The lowest BCUT2D eigenvalue weighted by Gasteiger charge is -2.40. The van der Waals surface area contributed by atoms with Crippen LogP contribution in [-0.4, -0.2) is 49.2 Å².